The van der Waals surface area contributed by atoms with Crippen LogP contribution in [-0.4, -0.2) is 11.4 Å². The summed E-state index contributed by atoms with van der Waals surface area (Å²) in [5.74, 6) is 0. The molecule has 0 aliphatic carbocycles. The van der Waals surface area contributed by atoms with Crippen LogP contribution < -0.4 is 5.32 Å². The molecule has 1 heterocycles. The van der Waals surface area contributed by atoms with Crippen LogP contribution in [0.4, 0.5) is 5.69 Å². The van der Waals surface area contributed by atoms with Gasteiger partial charge in [0.2, 0.25) is 6.41 Å². The number of halogens is 1. The summed E-state index contributed by atoms with van der Waals surface area (Å²) in [5.41, 5.74) is 0.527. The summed E-state index contributed by atoms with van der Waals surface area (Å²) in [6.45, 7) is 0. The highest BCUT2D eigenvalue weighted by molar-refractivity contribution is 6.33. The average molecular weight is 157 g/mol. The van der Waals surface area contributed by atoms with Crippen LogP contribution in [0.3, 0.4) is 0 Å². The molecule has 0 aromatic carbocycles. The summed E-state index contributed by atoms with van der Waals surface area (Å²) in [5, 5.41) is 2.89. The molecule has 0 bridgehead atoms. The lowest BCUT2D eigenvalue weighted by Gasteiger charge is -1.97. The smallest absolute Gasteiger partial charge is 0.211 e. The SMILES string of the molecule is O=CNc1cnccc1Cl. The van der Waals surface area contributed by atoms with E-state index in [9.17, 15) is 4.79 Å². The van der Waals surface area contributed by atoms with Crippen molar-refractivity contribution in [2.45, 2.75) is 0 Å². The predicted octanol–water partition coefficient (Wildman–Crippen LogP) is 1.30. The van der Waals surface area contributed by atoms with E-state index < -0.39 is 0 Å². The van der Waals surface area contributed by atoms with E-state index in [0.29, 0.717) is 17.1 Å². The first-order valence-electron chi connectivity index (χ1n) is 2.64. The highest BCUT2D eigenvalue weighted by atomic mass is 35.5. The van der Waals surface area contributed by atoms with Gasteiger partial charge in [0.15, 0.2) is 0 Å². The molecule has 4 heteroatoms. The number of nitrogens with one attached hydrogen (secondary N) is 1. The van der Waals surface area contributed by atoms with E-state index in [2.05, 4.69) is 10.3 Å². The Morgan fingerprint density at radius 1 is 1.70 bits per heavy atom. The van der Waals surface area contributed by atoms with E-state index in [1.165, 1.54) is 6.20 Å². The molecule has 0 saturated carbocycles. The number of amides is 1. The number of nitrogens with zero attached hydrogens (tertiary/aromatic N) is 1. The molecule has 1 aromatic rings. The molecule has 10 heavy (non-hydrogen) atoms. The zero-order valence-corrected chi connectivity index (χ0v) is 5.80. The molecule has 0 fully saturated rings. The van der Waals surface area contributed by atoms with E-state index in [4.69, 9.17) is 11.6 Å². The highest BCUT2D eigenvalue weighted by Gasteiger charge is 1.94. The summed E-state index contributed by atoms with van der Waals surface area (Å²) < 4.78 is 0. The van der Waals surface area contributed by atoms with Crippen molar-refractivity contribution in [2.75, 3.05) is 5.32 Å². The Bertz CT molecular complexity index is 239. The Kier molecular flexibility index (Phi) is 2.23. The van der Waals surface area contributed by atoms with Gasteiger partial charge in [-0.25, -0.2) is 0 Å². The lowest BCUT2D eigenvalue weighted by atomic mass is 10.4. The largest absolute Gasteiger partial charge is 0.326 e. The molecular formula is C6H5ClN2O. The standard InChI is InChI=1S/C6H5ClN2O/c7-5-1-2-8-3-6(5)9-4-10/h1-4H,(H,9,10). The van der Waals surface area contributed by atoms with Crippen LogP contribution in [0.5, 0.6) is 0 Å². The van der Waals surface area contributed by atoms with Crippen LogP contribution in [-0.2, 0) is 4.79 Å². The van der Waals surface area contributed by atoms with Gasteiger partial charge in [-0.15, -0.1) is 0 Å². The Labute approximate surface area is 63.0 Å². The Balaban J connectivity index is 2.91. The third-order valence-corrected chi connectivity index (χ3v) is 1.31. The van der Waals surface area contributed by atoms with Crippen molar-refractivity contribution in [2.24, 2.45) is 0 Å². The van der Waals surface area contributed by atoms with Gasteiger partial charge < -0.3 is 5.32 Å². The van der Waals surface area contributed by atoms with E-state index in [-0.39, 0.29) is 0 Å². The summed E-state index contributed by atoms with van der Waals surface area (Å²) in [6.07, 6.45) is 3.60. The predicted molar refractivity (Wildman–Crippen MR) is 38.9 cm³/mol. The van der Waals surface area contributed by atoms with E-state index >= 15 is 0 Å². The second-order valence-electron chi connectivity index (χ2n) is 1.62. The number of carbonyl (C=O) groups is 1. The first kappa shape index (κ1) is 7.02. The van der Waals surface area contributed by atoms with Crippen LogP contribution in [0.1, 0.15) is 0 Å². The zero-order valence-electron chi connectivity index (χ0n) is 5.04. The molecule has 0 aliphatic rings. The molecular weight excluding hydrogens is 152 g/mol. The quantitative estimate of drug-likeness (QED) is 0.656. The van der Waals surface area contributed by atoms with Gasteiger partial charge in [-0.05, 0) is 6.07 Å². The molecule has 1 aromatic heterocycles. The van der Waals surface area contributed by atoms with Gasteiger partial charge in [-0.2, -0.15) is 0 Å². The number of hydrogen-bond donors (Lipinski definition) is 1. The second kappa shape index (κ2) is 3.17. The number of aromatic nitrogens is 1. The molecule has 0 radical (unpaired) electrons. The molecule has 1 N–H and O–H groups in total. The van der Waals surface area contributed by atoms with Gasteiger partial charge >= 0.3 is 0 Å². The van der Waals surface area contributed by atoms with Gasteiger partial charge in [-0.1, -0.05) is 11.6 Å². The van der Waals surface area contributed by atoms with E-state index in [1.807, 2.05) is 0 Å². The van der Waals surface area contributed by atoms with Gasteiger partial charge in [0.05, 0.1) is 16.9 Å². The number of anilines is 1. The van der Waals surface area contributed by atoms with Crippen molar-refractivity contribution < 1.29 is 4.79 Å². The third kappa shape index (κ3) is 1.45. The van der Waals surface area contributed by atoms with Crippen LogP contribution in [0.15, 0.2) is 18.5 Å². The third-order valence-electron chi connectivity index (χ3n) is 0.982. The monoisotopic (exact) mass is 156 g/mol. The average Bonchev–Trinajstić information content (AvgIpc) is 1.94. The summed E-state index contributed by atoms with van der Waals surface area (Å²) >= 11 is 5.64. The van der Waals surface area contributed by atoms with Crippen LogP contribution in [0.2, 0.25) is 5.02 Å². The van der Waals surface area contributed by atoms with Gasteiger partial charge in [0.1, 0.15) is 0 Å². The maximum atomic E-state index is 9.93. The Hall–Kier alpha value is -1.09. The van der Waals surface area contributed by atoms with E-state index in [1.54, 1.807) is 12.3 Å². The topological polar surface area (TPSA) is 42.0 Å². The molecule has 52 valence electrons. The van der Waals surface area contributed by atoms with Crippen LogP contribution in [0.25, 0.3) is 0 Å². The van der Waals surface area contributed by atoms with Crippen molar-refractivity contribution in [3.63, 3.8) is 0 Å². The van der Waals surface area contributed by atoms with Crippen molar-refractivity contribution in [1.29, 1.82) is 0 Å². The minimum atomic E-state index is 0.488. The van der Waals surface area contributed by atoms with E-state index in [0.717, 1.165) is 0 Å². The summed E-state index contributed by atoms with van der Waals surface area (Å²) in [7, 11) is 0. The van der Waals surface area contributed by atoms with Gasteiger partial charge in [-0.3, -0.25) is 9.78 Å². The van der Waals surface area contributed by atoms with Crippen molar-refractivity contribution in [1.82, 2.24) is 4.98 Å². The molecule has 1 rings (SSSR count). The fraction of sp³-hybridized carbons (Fsp3) is 0. The lowest BCUT2D eigenvalue weighted by molar-refractivity contribution is -0.105. The van der Waals surface area contributed by atoms with Crippen LogP contribution in [0, 0.1) is 0 Å². The zero-order chi connectivity index (χ0) is 7.40. The number of pyridine rings is 1. The van der Waals surface area contributed by atoms with Crippen LogP contribution >= 0.6 is 11.6 Å². The second-order valence-corrected chi connectivity index (χ2v) is 2.02. The maximum absolute atomic E-state index is 9.93. The van der Waals surface area contributed by atoms with Gasteiger partial charge in [0, 0.05) is 6.20 Å². The van der Waals surface area contributed by atoms with Gasteiger partial charge in [0.25, 0.3) is 0 Å². The Morgan fingerprint density at radius 3 is 3.10 bits per heavy atom. The maximum Gasteiger partial charge on any atom is 0.211 e. The first-order valence-corrected chi connectivity index (χ1v) is 3.02. The number of carbonyl (C=O) groups excluding carboxylic acids is 1. The molecule has 0 spiro atoms. The Morgan fingerprint density at radius 2 is 2.50 bits per heavy atom. The van der Waals surface area contributed by atoms with Crippen molar-refractivity contribution in [3.8, 4) is 0 Å². The first-order chi connectivity index (χ1) is 4.84. The fourth-order valence-corrected chi connectivity index (χ4v) is 0.707. The van der Waals surface area contributed by atoms with Crippen molar-refractivity contribution >= 4 is 23.7 Å². The molecule has 0 atom stereocenters. The molecule has 3 nitrogen and oxygen atoms in total. The molecule has 0 aliphatic heterocycles. The minimum absolute atomic E-state index is 0.488. The highest BCUT2D eigenvalue weighted by Crippen LogP contribution is 2.17. The lowest BCUT2D eigenvalue weighted by Crippen LogP contribution is -1.94. The minimum Gasteiger partial charge on any atom is -0.326 e. The molecule has 0 saturated heterocycles. The number of rotatable bonds is 2. The normalized spacial score (nSPS) is 8.90. The number of hydrogen-bond acceptors (Lipinski definition) is 2. The molecule has 0 unspecified atom stereocenters. The summed E-state index contributed by atoms with van der Waals surface area (Å²) in [4.78, 5) is 13.7. The molecule has 1 amide bonds. The summed E-state index contributed by atoms with van der Waals surface area (Å²) in [6, 6.07) is 1.60. The fourth-order valence-electron chi connectivity index (χ4n) is 0.547. The van der Waals surface area contributed by atoms with Crippen molar-refractivity contribution in [3.05, 3.63) is 23.5 Å².